The number of rotatable bonds is 6. The van der Waals surface area contributed by atoms with E-state index in [1.165, 1.54) is 39.3 Å². The van der Waals surface area contributed by atoms with Gasteiger partial charge in [-0.25, -0.2) is 8.42 Å². The van der Waals surface area contributed by atoms with Crippen molar-refractivity contribution < 1.29 is 22.0 Å². The molecule has 0 saturated carbocycles. The fraction of sp³-hybridized carbons (Fsp3) is 0.389. The van der Waals surface area contributed by atoms with E-state index in [1.54, 1.807) is 7.05 Å². The Morgan fingerprint density at radius 2 is 1.93 bits per heavy atom. The highest BCUT2D eigenvalue weighted by atomic mass is 35.5. The number of nitrogens with zero attached hydrogens (tertiary/aromatic N) is 2. The second-order valence-electron chi connectivity index (χ2n) is 6.59. The maximum absolute atomic E-state index is 12.8. The number of aromatic nitrogens is 1. The van der Waals surface area contributed by atoms with Crippen LogP contribution in [-0.2, 0) is 17.1 Å². The molecule has 0 spiro atoms. The summed E-state index contributed by atoms with van der Waals surface area (Å²) < 4.78 is 54.1. The summed E-state index contributed by atoms with van der Waals surface area (Å²) in [6, 6.07) is 5.74. The summed E-state index contributed by atoms with van der Waals surface area (Å²) in [5.74, 6) is -3.33. The minimum Gasteiger partial charge on any atom is -0.345 e. The van der Waals surface area contributed by atoms with Gasteiger partial charge < -0.3 is 9.88 Å². The number of hydrogen-bond donors (Lipinski definition) is 1. The van der Waals surface area contributed by atoms with Crippen LogP contribution in [0.1, 0.15) is 29.8 Å². The number of hydrogen-bond acceptors (Lipinski definition) is 4. The minimum atomic E-state index is -3.69. The zero-order valence-electron chi connectivity index (χ0n) is 15.6. The van der Waals surface area contributed by atoms with Gasteiger partial charge in [0.15, 0.2) is 0 Å². The van der Waals surface area contributed by atoms with Crippen molar-refractivity contribution in [3.8, 4) is 0 Å². The van der Waals surface area contributed by atoms with Gasteiger partial charge in [0.05, 0.1) is 15.6 Å². The molecule has 0 bridgehead atoms. The van der Waals surface area contributed by atoms with Crippen molar-refractivity contribution in [1.82, 2.24) is 8.87 Å². The van der Waals surface area contributed by atoms with E-state index < -0.39 is 21.7 Å². The van der Waals surface area contributed by atoms with Gasteiger partial charge in [0.1, 0.15) is 10.6 Å². The normalized spacial score (nSPS) is 15.6. The van der Waals surface area contributed by atoms with E-state index in [4.69, 9.17) is 11.6 Å². The van der Waals surface area contributed by atoms with E-state index in [0.717, 1.165) is 19.3 Å². The third kappa shape index (κ3) is 4.93. The van der Waals surface area contributed by atoms with E-state index in [1.807, 2.05) is 0 Å². The fourth-order valence-electron chi connectivity index (χ4n) is 3.16. The van der Waals surface area contributed by atoms with Crippen LogP contribution >= 0.6 is 23.4 Å². The summed E-state index contributed by atoms with van der Waals surface area (Å²) in [5, 5.41) is 2.64. The molecule has 0 atom stereocenters. The predicted molar refractivity (Wildman–Crippen MR) is 109 cm³/mol. The number of aryl methyl sites for hydroxylation is 1. The van der Waals surface area contributed by atoms with Gasteiger partial charge in [0, 0.05) is 26.3 Å². The molecule has 2 aromatic rings. The Morgan fingerprint density at radius 1 is 1.24 bits per heavy atom. The Hall–Kier alpha value is -1.62. The monoisotopic (exact) mass is 463 g/mol. The fourth-order valence-corrected chi connectivity index (χ4v) is 5.66. The van der Waals surface area contributed by atoms with E-state index in [0.29, 0.717) is 13.1 Å². The molecule has 1 aromatic heterocycles. The standard InChI is InChI=1S/C18H20ClF2N3O3S2/c1-23-11-12(29(26,27)24-8-3-2-4-9-24)10-15(23)17(25)22-14-7-5-6-13(19)16(14)28-18(20)21/h5-7,10-11,18H,2-4,8-9H2,1H3,(H,22,25). The Kier molecular flexibility index (Phi) is 6.87. The molecule has 0 radical (unpaired) electrons. The molecule has 1 amide bonds. The predicted octanol–water partition coefficient (Wildman–Crippen LogP) is 4.42. The van der Waals surface area contributed by atoms with Crippen LogP contribution in [0.3, 0.4) is 0 Å². The first kappa shape index (κ1) is 22.1. The van der Waals surface area contributed by atoms with Gasteiger partial charge in [-0.15, -0.1) is 0 Å². The van der Waals surface area contributed by atoms with Crippen molar-refractivity contribution in [2.45, 2.75) is 34.8 Å². The maximum Gasteiger partial charge on any atom is 0.289 e. The number of alkyl halides is 2. The minimum absolute atomic E-state index is 0.0281. The van der Waals surface area contributed by atoms with Crippen molar-refractivity contribution in [1.29, 1.82) is 0 Å². The molecule has 0 unspecified atom stereocenters. The quantitative estimate of drug-likeness (QED) is 0.644. The number of anilines is 1. The van der Waals surface area contributed by atoms with Crippen LogP contribution in [0.4, 0.5) is 14.5 Å². The van der Waals surface area contributed by atoms with Crippen LogP contribution in [0.15, 0.2) is 40.3 Å². The molecule has 0 aliphatic carbocycles. The number of nitrogens with one attached hydrogen (secondary N) is 1. The molecule has 1 aliphatic heterocycles. The Morgan fingerprint density at radius 3 is 2.59 bits per heavy atom. The largest absolute Gasteiger partial charge is 0.345 e. The van der Waals surface area contributed by atoms with Gasteiger partial charge in [0.2, 0.25) is 10.0 Å². The molecule has 3 rings (SSSR count). The van der Waals surface area contributed by atoms with Gasteiger partial charge in [-0.05, 0) is 31.0 Å². The maximum atomic E-state index is 12.8. The highest BCUT2D eigenvalue weighted by Crippen LogP contribution is 2.37. The molecule has 2 heterocycles. The average molecular weight is 464 g/mol. The lowest BCUT2D eigenvalue weighted by Gasteiger charge is -2.25. The van der Waals surface area contributed by atoms with Crippen molar-refractivity contribution in [2.75, 3.05) is 18.4 Å². The third-order valence-electron chi connectivity index (χ3n) is 4.59. The molecule has 1 aromatic carbocycles. The summed E-state index contributed by atoms with van der Waals surface area (Å²) in [6.45, 7) is 0.908. The summed E-state index contributed by atoms with van der Waals surface area (Å²) in [7, 11) is -2.14. The van der Waals surface area contributed by atoms with Gasteiger partial charge in [0.25, 0.3) is 11.7 Å². The topological polar surface area (TPSA) is 71.4 Å². The Bertz CT molecular complexity index is 1010. The molecule has 29 heavy (non-hydrogen) atoms. The van der Waals surface area contributed by atoms with Crippen molar-refractivity contribution >= 4 is 45.0 Å². The molecule has 1 saturated heterocycles. The Balaban J connectivity index is 1.86. The lowest BCUT2D eigenvalue weighted by molar-refractivity contribution is 0.101. The van der Waals surface area contributed by atoms with Crippen LogP contribution < -0.4 is 5.32 Å². The molecule has 1 N–H and O–H groups in total. The first-order valence-corrected chi connectivity index (χ1v) is 11.6. The number of carbonyl (C=O) groups is 1. The highest BCUT2D eigenvalue weighted by Gasteiger charge is 2.28. The molecule has 6 nitrogen and oxygen atoms in total. The lowest BCUT2D eigenvalue weighted by atomic mass is 10.2. The molecular weight excluding hydrogens is 444 g/mol. The van der Waals surface area contributed by atoms with Crippen molar-refractivity contribution in [3.63, 3.8) is 0 Å². The van der Waals surface area contributed by atoms with E-state index >= 15 is 0 Å². The number of sulfonamides is 1. The summed E-state index contributed by atoms with van der Waals surface area (Å²) in [6.07, 6.45) is 3.98. The van der Waals surface area contributed by atoms with E-state index in [-0.39, 0.29) is 38.0 Å². The van der Waals surface area contributed by atoms with E-state index in [2.05, 4.69) is 5.32 Å². The molecular formula is C18H20ClF2N3O3S2. The zero-order valence-corrected chi connectivity index (χ0v) is 18.0. The van der Waals surface area contributed by atoms with Crippen molar-refractivity contribution in [2.24, 2.45) is 7.05 Å². The van der Waals surface area contributed by atoms with Crippen LogP contribution in [0.5, 0.6) is 0 Å². The molecule has 1 aliphatic rings. The number of benzene rings is 1. The van der Waals surface area contributed by atoms with Crippen LogP contribution in [-0.4, -0.2) is 42.0 Å². The SMILES string of the molecule is Cn1cc(S(=O)(=O)N2CCCCC2)cc1C(=O)Nc1cccc(Cl)c1SC(F)F. The summed E-state index contributed by atoms with van der Waals surface area (Å²) in [5.41, 5.74) is 0.225. The van der Waals surface area contributed by atoms with Crippen molar-refractivity contribution in [3.05, 3.63) is 41.2 Å². The first-order chi connectivity index (χ1) is 13.7. The molecule has 11 heteroatoms. The Labute approximate surface area is 177 Å². The second-order valence-corrected chi connectivity index (χ2v) is 9.93. The average Bonchev–Trinajstić information content (AvgIpc) is 3.07. The van der Waals surface area contributed by atoms with Gasteiger partial charge in [-0.3, -0.25) is 4.79 Å². The lowest BCUT2D eigenvalue weighted by Crippen LogP contribution is -2.35. The zero-order chi connectivity index (χ0) is 21.2. The molecule has 1 fully saturated rings. The van der Waals surface area contributed by atoms with Crippen LogP contribution in [0, 0.1) is 0 Å². The second kappa shape index (κ2) is 9.03. The third-order valence-corrected chi connectivity index (χ3v) is 7.73. The molecule has 158 valence electrons. The number of thioether (sulfide) groups is 1. The van der Waals surface area contributed by atoms with Crippen LogP contribution in [0.25, 0.3) is 0 Å². The van der Waals surface area contributed by atoms with Crippen LogP contribution in [0.2, 0.25) is 5.02 Å². The smallest absolute Gasteiger partial charge is 0.289 e. The summed E-state index contributed by atoms with van der Waals surface area (Å²) in [4.78, 5) is 12.8. The van der Waals surface area contributed by atoms with Gasteiger partial charge in [-0.1, -0.05) is 35.9 Å². The first-order valence-electron chi connectivity index (χ1n) is 8.91. The van der Waals surface area contributed by atoms with Gasteiger partial charge in [-0.2, -0.15) is 13.1 Å². The van der Waals surface area contributed by atoms with Gasteiger partial charge >= 0.3 is 0 Å². The summed E-state index contributed by atoms with van der Waals surface area (Å²) >= 11 is 6.22. The number of carbonyl (C=O) groups excluding carboxylic acids is 1. The number of amides is 1. The van der Waals surface area contributed by atoms with E-state index in [9.17, 15) is 22.0 Å². The highest BCUT2D eigenvalue weighted by molar-refractivity contribution is 7.99. The number of piperidine rings is 1. The number of halogens is 3.